The molecule has 0 amide bonds. The lowest BCUT2D eigenvalue weighted by Crippen LogP contribution is -2.47. The standard InChI is InChI=1S/C22H40N4/c1-5-11-23(12-6-2)15-9-17-25-19-21-26(22-20-25)18-10-16-24(13-7-3)14-8-4/h5-8H,1-4,9-22H2. The summed E-state index contributed by atoms with van der Waals surface area (Å²) in [6.07, 6.45) is 10.4. The molecule has 148 valence electrons. The maximum absolute atomic E-state index is 3.84. The number of hydrogen-bond acceptors (Lipinski definition) is 4. The summed E-state index contributed by atoms with van der Waals surface area (Å²) in [5, 5.41) is 0. The molecule has 0 aromatic carbocycles. The fraction of sp³-hybridized carbons (Fsp3) is 0.636. The van der Waals surface area contributed by atoms with E-state index in [4.69, 9.17) is 0 Å². The van der Waals surface area contributed by atoms with Gasteiger partial charge >= 0.3 is 0 Å². The van der Waals surface area contributed by atoms with Crippen LogP contribution in [-0.4, -0.2) is 98.1 Å². The molecule has 0 N–H and O–H groups in total. The van der Waals surface area contributed by atoms with Gasteiger partial charge < -0.3 is 9.80 Å². The zero-order valence-corrected chi connectivity index (χ0v) is 16.8. The third-order valence-corrected chi connectivity index (χ3v) is 4.91. The van der Waals surface area contributed by atoms with Gasteiger partial charge in [0.05, 0.1) is 0 Å². The third-order valence-electron chi connectivity index (χ3n) is 4.91. The minimum absolute atomic E-state index is 0.953. The Bertz CT molecular complexity index is 341. The van der Waals surface area contributed by atoms with Gasteiger partial charge in [0.15, 0.2) is 0 Å². The van der Waals surface area contributed by atoms with Crippen molar-refractivity contribution < 1.29 is 0 Å². The van der Waals surface area contributed by atoms with Crippen LogP contribution in [0.2, 0.25) is 0 Å². The van der Waals surface area contributed by atoms with Gasteiger partial charge in [-0.2, -0.15) is 0 Å². The van der Waals surface area contributed by atoms with E-state index in [9.17, 15) is 0 Å². The molecular weight excluding hydrogens is 320 g/mol. The molecule has 1 aliphatic rings. The molecule has 1 fully saturated rings. The van der Waals surface area contributed by atoms with Crippen LogP contribution in [-0.2, 0) is 0 Å². The van der Waals surface area contributed by atoms with Gasteiger partial charge in [-0.3, -0.25) is 9.80 Å². The van der Waals surface area contributed by atoms with E-state index in [0.717, 1.165) is 39.3 Å². The average Bonchev–Trinajstić information content (AvgIpc) is 2.64. The molecule has 1 heterocycles. The molecule has 0 aromatic rings. The quantitative estimate of drug-likeness (QED) is 0.392. The SMILES string of the molecule is C=CCN(CC=C)CCCN1CCN(CCCN(CC=C)CC=C)CC1. The lowest BCUT2D eigenvalue weighted by molar-refractivity contribution is 0.124. The topological polar surface area (TPSA) is 13.0 Å². The number of hydrogen-bond donors (Lipinski definition) is 0. The Balaban J connectivity index is 2.14. The third kappa shape index (κ3) is 10.1. The van der Waals surface area contributed by atoms with Gasteiger partial charge in [0.1, 0.15) is 0 Å². The molecule has 0 bridgehead atoms. The zero-order chi connectivity index (χ0) is 19.0. The Kier molecular flexibility index (Phi) is 13.1. The summed E-state index contributed by atoms with van der Waals surface area (Å²) < 4.78 is 0. The molecule has 4 nitrogen and oxygen atoms in total. The normalized spacial score (nSPS) is 16.1. The van der Waals surface area contributed by atoms with E-state index in [-0.39, 0.29) is 0 Å². The zero-order valence-electron chi connectivity index (χ0n) is 16.8. The maximum atomic E-state index is 3.84. The number of piperazine rings is 1. The molecule has 0 spiro atoms. The van der Waals surface area contributed by atoms with Crippen molar-refractivity contribution >= 4 is 0 Å². The van der Waals surface area contributed by atoms with Crippen LogP contribution in [0.3, 0.4) is 0 Å². The molecule has 1 rings (SSSR count). The van der Waals surface area contributed by atoms with Crippen LogP contribution < -0.4 is 0 Å². The minimum Gasteiger partial charge on any atom is -0.301 e. The lowest BCUT2D eigenvalue weighted by atomic mass is 10.2. The number of rotatable bonds is 16. The molecule has 4 heteroatoms. The second-order valence-electron chi connectivity index (χ2n) is 7.06. The second kappa shape index (κ2) is 14.9. The first kappa shape index (κ1) is 22.8. The van der Waals surface area contributed by atoms with E-state index >= 15 is 0 Å². The molecular formula is C22H40N4. The van der Waals surface area contributed by atoms with Gasteiger partial charge in [0.2, 0.25) is 0 Å². The van der Waals surface area contributed by atoms with Crippen molar-refractivity contribution in [3.05, 3.63) is 50.6 Å². The largest absolute Gasteiger partial charge is 0.301 e. The fourth-order valence-corrected chi connectivity index (χ4v) is 3.52. The highest BCUT2D eigenvalue weighted by molar-refractivity contribution is 4.81. The van der Waals surface area contributed by atoms with Crippen molar-refractivity contribution in [2.24, 2.45) is 0 Å². The van der Waals surface area contributed by atoms with E-state index < -0.39 is 0 Å². The van der Waals surface area contributed by atoms with E-state index in [0.29, 0.717) is 0 Å². The van der Waals surface area contributed by atoms with Gasteiger partial charge in [-0.05, 0) is 25.9 Å². The van der Waals surface area contributed by atoms with E-state index in [1.165, 1.54) is 52.1 Å². The van der Waals surface area contributed by atoms with Crippen LogP contribution in [0.15, 0.2) is 50.6 Å². The molecule has 0 radical (unpaired) electrons. The second-order valence-corrected chi connectivity index (χ2v) is 7.06. The summed E-state index contributed by atoms with van der Waals surface area (Å²) in [6.45, 7) is 28.6. The Morgan fingerprint density at radius 3 is 1.15 bits per heavy atom. The summed E-state index contributed by atoms with van der Waals surface area (Å²) >= 11 is 0. The first-order chi connectivity index (χ1) is 12.7. The monoisotopic (exact) mass is 360 g/mol. The van der Waals surface area contributed by atoms with Gasteiger partial charge in [-0.1, -0.05) is 24.3 Å². The minimum atomic E-state index is 0.953. The lowest BCUT2D eigenvalue weighted by Gasteiger charge is -2.35. The first-order valence-electron chi connectivity index (χ1n) is 10.1. The highest BCUT2D eigenvalue weighted by atomic mass is 15.3. The smallest absolute Gasteiger partial charge is 0.0163 e. The van der Waals surface area contributed by atoms with Crippen molar-refractivity contribution in [2.75, 3.05) is 78.5 Å². The molecule has 1 saturated heterocycles. The summed E-state index contributed by atoms with van der Waals surface area (Å²) in [6, 6.07) is 0. The van der Waals surface area contributed by atoms with Crippen LogP contribution in [0.25, 0.3) is 0 Å². The van der Waals surface area contributed by atoms with Crippen molar-refractivity contribution in [3.8, 4) is 0 Å². The molecule has 1 aliphatic heterocycles. The Morgan fingerprint density at radius 2 is 0.885 bits per heavy atom. The summed E-state index contributed by atoms with van der Waals surface area (Å²) in [7, 11) is 0. The predicted molar refractivity (Wildman–Crippen MR) is 116 cm³/mol. The van der Waals surface area contributed by atoms with Crippen molar-refractivity contribution in [3.63, 3.8) is 0 Å². The maximum Gasteiger partial charge on any atom is 0.0163 e. The Labute approximate surface area is 162 Å². The summed E-state index contributed by atoms with van der Waals surface area (Å²) in [4.78, 5) is 10.0. The average molecular weight is 361 g/mol. The predicted octanol–water partition coefficient (Wildman–Crippen LogP) is 2.73. The summed E-state index contributed by atoms with van der Waals surface area (Å²) in [5.41, 5.74) is 0. The van der Waals surface area contributed by atoms with Crippen LogP contribution in [0.1, 0.15) is 12.8 Å². The molecule has 0 saturated carbocycles. The fourth-order valence-electron chi connectivity index (χ4n) is 3.52. The number of nitrogens with zero attached hydrogens (tertiary/aromatic N) is 4. The van der Waals surface area contributed by atoms with Gasteiger partial charge in [-0.25, -0.2) is 0 Å². The van der Waals surface area contributed by atoms with E-state index in [1.54, 1.807) is 0 Å². The van der Waals surface area contributed by atoms with Gasteiger partial charge in [-0.15, -0.1) is 26.3 Å². The molecule has 0 aliphatic carbocycles. The van der Waals surface area contributed by atoms with Crippen LogP contribution in [0.4, 0.5) is 0 Å². The molecule has 0 atom stereocenters. The Morgan fingerprint density at radius 1 is 0.577 bits per heavy atom. The van der Waals surface area contributed by atoms with Gasteiger partial charge in [0.25, 0.3) is 0 Å². The van der Waals surface area contributed by atoms with E-state index in [1.807, 2.05) is 24.3 Å². The summed E-state index contributed by atoms with van der Waals surface area (Å²) in [5.74, 6) is 0. The van der Waals surface area contributed by atoms with Crippen molar-refractivity contribution in [2.45, 2.75) is 12.8 Å². The first-order valence-corrected chi connectivity index (χ1v) is 10.1. The van der Waals surface area contributed by atoms with E-state index in [2.05, 4.69) is 45.9 Å². The highest BCUT2D eigenvalue weighted by Gasteiger charge is 2.16. The van der Waals surface area contributed by atoms with Crippen LogP contribution >= 0.6 is 0 Å². The van der Waals surface area contributed by atoms with Crippen molar-refractivity contribution in [1.82, 2.24) is 19.6 Å². The Hall–Kier alpha value is -1.20. The molecule has 26 heavy (non-hydrogen) atoms. The molecule has 0 aromatic heterocycles. The van der Waals surface area contributed by atoms with Crippen LogP contribution in [0, 0.1) is 0 Å². The van der Waals surface area contributed by atoms with Crippen molar-refractivity contribution in [1.29, 1.82) is 0 Å². The molecule has 0 unspecified atom stereocenters. The van der Waals surface area contributed by atoms with Crippen LogP contribution in [0.5, 0.6) is 0 Å². The van der Waals surface area contributed by atoms with Gasteiger partial charge in [0, 0.05) is 65.4 Å². The highest BCUT2D eigenvalue weighted by Crippen LogP contribution is 2.05.